The molecule has 0 fully saturated rings. The number of benzene rings is 2. The smallest absolute Gasteiger partial charge is 0.243 e. The molecule has 0 saturated carbocycles. The Morgan fingerprint density at radius 1 is 1.12 bits per heavy atom. The van der Waals surface area contributed by atoms with Crippen molar-refractivity contribution in [2.75, 3.05) is 18.4 Å². The lowest BCUT2D eigenvalue weighted by atomic mass is 10.1. The zero-order valence-electron chi connectivity index (χ0n) is 14.8. The third kappa shape index (κ3) is 6.16. The molecule has 0 saturated heterocycles. The lowest BCUT2D eigenvalue weighted by Gasteiger charge is -2.12. The van der Waals surface area contributed by atoms with Crippen LogP contribution in [-0.4, -0.2) is 25.0 Å². The minimum atomic E-state index is -0.416. The SMILES string of the molecule is CCNC(=NCc1ccc(F)c(C)c1)NCC(=O)Nc1cccc(F)c1. The standard InChI is InChI=1S/C19H22F2N4O/c1-3-22-19(23-11-14-7-8-17(21)13(2)9-14)24-12-18(26)25-16-6-4-5-15(20)10-16/h4-10H,3,11-12H2,1-2H3,(H,25,26)(H2,22,23,24). The van der Waals surface area contributed by atoms with E-state index < -0.39 is 5.82 Å². The third-order valence-electron chi connectivity index (χ3n) is 3.51. The summed E-state index contributed by atoms with van der Waals surface area (Å²) in [7, 11) is 0. The number of halogens is 2. The summed E-state index contributed by atoms with van der Waals surface area (Å²) in [4.78, 5) is 16.3. The number of hydrogen-bond acceptors (Lipinski definition) is 2. The predicted molar refractivity (Wildman–Crippen MR) is 99.0 cm³/mol. The lowest BCUT2D eigenvalue weighted by molar-refractivity contribution is -0.115. The quantitative estimate of drug-likeness (QED) is 0.548. The first-order valence-electron chi connectivity index (χ1n) is 8.30. The third-order valence-corrected chi connectivity index (χ3v) is 3.51. The molecule has 7 heteroatoms. The van der Waals surface area contributed by atoms with Crippen molar-refractivity contribution >= 4 is 17.6 Å². The fraction of sp³-hybridized carbons (Fsp3) is 0.263. The molecule has 2 aromatic carbocycles. The van der Waals surface area contributed by atoms with E-state index in [0.29, 0.717) is 30.3 Å². The van der Waals surface area contributed by atoms with E-state index in [0.717, 1.165) is 5.56 Å². The molecule has 0 radical (unpaired) electrons. The number of guanidine groups is 1. The number of nitrogens with zero attached hydrogens (tertiary/aromatic N) is 1. The summed E-state index contributed by atoms with van der Waals surface area (Å²) in [6, 6.07) is 10.5. The Morgan fingerprint density at radius 3 is 2.62 bits per heavy atom. The first kappa shape index (κ1) is 19.4. The molecular weight excluding hydrogens is 338 g/mol. The Bertz CT molecular complexity index is 793. The van der Waals surface area contributed by atoms with Crippen LogP contribution in [0, 0.1) is 18.6 Å². The van der Waals surface area contributed by atoms with Crippen molar-refractivity contribution in [3.8, 4) is 0 Å². The predicted octanol–water partition coefficient (Wildman–Crippen LogP) is 2.97. The van der Waals surface area contributed by atoms with Gasteiger partial charge < -0.3 is 16.0 Å². The van der Waals surface area contributed by atoms with Crippen LogP contribution >= 0.6 is 0 Å². The number of anilines is 1. The second kappa shape index (κ2) is 9.50. The maximum Gasteiger partial charge on any atom is 0.243 e. The summed E-state index contributed by atoms with van der Waals surface area (Å²) in [5.74, 6) is -0.528. The Morgan fingerprint density at radius 2 is 1.92 bits per heavy atom. The molecule has 0 aliphatic rings. The molecule has 0 aromatic heterocycles. The van der Waals surface area contributed by atoms with Gasteiger partial charge >= 0.3 is 0 Å². The number of aryl methyl sites for hydroxylation is 1. The highest BCUT2D eigenvalue weighted by molar-refractivity contribution is 5.94. The van der Waals surface area contributed by atoms with E-state index in [1.807, 2.05) is 6.92 Å². The zero-order valence-corrected chi connectivity index (χ0v) is 14.8. The van der Waals surface area contributed by atoms with Crippen molar-refractivity contribution in [2.24, 2.45) is 4.99 Å². The van der Waals surface area contributed by atoms with Crippen molar-refractivity contribution in [2.45, 2.75) is 20.4 Å². The summed E-state index contributed by atoms with van der Waals surface area (Å²) < 4.78 is 26.4. The van der Waals surface area contributed by atoms with Crippen LogP contribution in [0.4, 0.5) is 14.5 Å². The maximum atomic E-state index is 13.3. The molecule has 0 aliphatic heterocycles. The number of hydrogen-bond donors (Lipinski definition) is 3. The molecule has 0 heterocycles. The molecule has 0 unspecified atom stereocenters. The first-order chi connectivity index (χ1) is 12.5. The molecule has 26 heavy (non-hydrogen) atoms. The van der Waals surface area contributed by atoms with Gasteiger partial charge in [-0.1, -0.05) is 18.2 Å². The molecule has 1 amide bonds. The van der Waals surface area contributed by atoms with E-state index in [2.05, 4.69) is 20.9 Å². The van der Waals surface area contributed by atoms with Crippen molar-refractivity contribution in [3.05, 3.63) is 65.2 Å². The summed E-state index contributed by atoms with van der Waals surface area (Å²) in [6.45, 7) is 4.56. The van der Waals surface area contributed by atoms with Crippen LogP contribution in [0.25, 0.3) is 0 Å². The lowest BCUT2D eigenvalue weighted by Crippen LogP contribution is -2.41. The number of carbonyl (C=O) groups is 1. The normalized spacial score (nSPS) is 11.2. The summed E-state index contributed by atoms with van der Waals surface area (Å²) >= 11 is 0. The van der Waals surface area contributed by atoms with Gasteiger partial charge in [-0.25, -0.2) is 13.8 Å². The molecule has 2 rings (SSSR count). The van der Waals surface area contributed by atoms with Crippen LogP contribution in [-0.2, 0) is 11.3 Å². The van der Waals surface area contributed by atoms with Crippen molar-refractivity contribution < 1.29 is 13.6 Å². The Balaban J connectivity index is 1.92. The topological polar surface area (TPSA) is 65.5 Å². The minimum Gasteiger partial charge on any atom is -0.357 e. The Kier molecular flexibility index (Phi) is 7.08. The number of nitrogens with one attached hydrogen (secondary N) is 3. The van der Waals surface area contributed by atoms with Gasteiger partial charge in [-0.3, -0.25) is 4.79 Å². The summed E-state index contributed by atoms with van der Waals surface area (Å²) in [6.07, 6.45) is 0. The molecule has 0 aliphatic carbocycles. The molecule has 0 atom stereocenters. The number of rotatable bonds is 6. The minimum absolute atomic E-state index is 0.0230. The summed E-state index contributed by atoms with van der Waals surface area (Å²) in [5, 5.41) is 8.54. The monoisotopic (exact) mass is 360 g/mol. The van der Waals surface area contributed by atoms with Gasteiger partial charge in [0.05, 0.1) is 13.1 Å². The van der Waals surface area contributed by atoms with Gasteiger partial charge in [-0.2, -0.15) is 0 Å². The van der Waals surface area contributed by atoms with Gasteiger partial charge in [-0.05, 0) is 49.2 Å². The van der Waals surface area contributed by atoms with Crippen molar-refractivity contribution in [3.63, 3.8) is 0 Å². The maximum absolute atomic E-state index is 13.3. The largest absolute Gasteiger partial charge is 0.357 e. The van der Waals surface area contributed by atoms with Gasteiger partial charge in [0, 0.05) is 12.2 Å². The molecule has 0 bridgehead atoms. The van der Waals surface area contributed by atoms with E-state index in [-0.39, 0.29) is 18.3 Å². The molecule has 2 aromatic rings. The average molecular weight is 360 g/mol. The van der Waals surface area contributed by atoms with Crippen LogP contribution in [0.5, 0.6) is 0 Å². The van der Waals surface area contributed by atoms with Gasteiger partial charge in [0.2, 0.25) is 5.91 Å². The van der Waals surface area contributed by atoms with E-state index in [1.165, 1.54) is 24.3 Å². The number of aliphatic imine (C=N–C) groups is 1. The highest BCUT2D eigenvalue weighted by Crippen LogP contribution is 2.10. The highest BCUT2D eigenvalue weighted by atomic mass is 19.1. The Labute approximate surface area is 151 Å². The van der Waals surface area contributed by atoms with Crippen molar-refractivity contribution in [1.82, 2.24) is 10.6 Å². The van der Waals surface area contributed by atoms with Crippen LogP contribution in [0.1, 0.15) is 18.1 Å². The molecular formula is C19H22F2N4O. The number of amides is 1. The van der Waals surface area contributed by atoms with Gasteiger partial charge in [0.15, 0.2) is 5.96 Å². The van der Waals surface area contributed by atoms with Crippen LogP contribution in [0.3, 0.4) is 0 Å². The second-order valence-electron chi connectivity index (χ2n) is 5.69. The summed E-state index contributed by atoms with van der Waals surface area (Å²) in [5.41, 5.74) is 1.82. The molecule has 3 N–H and O–H groups in total. The molecule has 5 nitrogen and oxygen atoms in total. The average Bonchev–Trinajstić information content (AvgIpc) is 2.60. The molecule has 138 valence electrons. The van der Waals surface area contributed by atoms with Crippen molar-refractivity contribution in [1.29, 1.82) is 0 Å². The molecule has 0 spiro atoms. The fourth-order valence-corrected chi connectivity index (χ4v) is 2.25. The zero-order chi connectivity index (χ0) is 18.9. The van der Waals surface area contributed by atoms with Gasteiger partial charge in [0.1, 0.15) is 11.6 Å². The fourth-order valence-electron chi connectivity index (χ4n) is 2.25. The first-order valence-corrected chi connectivity index (χ1v) is 8.30. The van der Waals surface area contributed by atoms with E-state index in [4.69, 9.17) is 0 Å². The highest BCUT2D eigenvalue weighted by Gasteiger charge is 2.05. The number of carbonyl (C=O) groups excluding carboxylic acids is 1. The van der Waals surface area contributed by atoms with E-state index in [9.17, 15) is 13.6 Å². The van der Waals surface area contributed by atoms with Crippen LogP contribution < -0.4 is 16.0 Å². The van der Waals surface area contributed by atoms with Crippen LogP contribution in [0.2, 0.25) is 0 Å². The van der Waals surface area contributed by atoms with Gasteiger partial charge in [0.25, 0.3) is 0 Å². The Hall–Kier alpha value is -2.96. The van der Waals surface area contributed by atoms with E-state index >= 15 is 0 Å². The van der Waals surface area contributed by atoms with Gasteiger partial charge in [-0.15, -0.1) is 0 Å². The second-order valence-corrected chi connectivity index (χ2v) is 5.69. The van der Waals surface area contributed by atoms with Crippen LogP contribution in [0.15, 0.2) is 47.5 Å². The van der Waals surface area contributed by atoms with E-state index in [1.54, 1.807) is 25.1 Å².